The van der Waals surface area contributed by atoms with Crippen LogP contribution in [0.5, 0.6) is 0 Å². The monoisotopic (exact) mass is 232 g/mol. The van der Waals surface area contributed by atoms with Gasteiger partial charge >= 0.3 is 5.95 Å². The number of aromatic nitrogens is 1. The first kappa shape index (κ1) is 11.0. The third kappa shape index (κ3) is 2.04. The van der Waals surface area contributed by atoms with E-state index in [1.807, 2.05) is 30.3 Å². The van der Waals surface area contributed by atoms with E-state index in [0.29, 0.717) is 0 Å². The van der Waals surface area contributed by atoms with E-state index in [4.69, 9.17) is 0 Å². The molecule has 82 valence electrons. The Bertz CT molecular complexity index is 485. The highest BCUT2D eigenvalue weighted by Crippen LogP contribution is 1.93. The summed E-state index contributed by atoms with van der Waals surface area (Å²) in [5.41, 5.74) is 0. The van der Waals surface area contributed by atoms with E-state index in [9.17, 15) is 4.39 Å². The molecule has 2 aromatic rings. The van der Waals surface area contributed by atoms with E-state index in [-0.39, 0.29) is 5.95 Å². The van der Waals surface area contributed by atoms with Gasteiger partial charge in [0.15, 0.2) is 6.20 Å². The smallest absolute Gasteiger partial charge is 0.177 e. The fourth-order valence-corrected chi connectivity index (χ4v) is 3.98. The molecule has 0 saturated carbocycles. The summed E-state index contributed by atoms with van der Waals surface area (Å²) in [5, 5.41) is 2.14. The summed E-state index contributed by atoms with van der Waals surface area (Å²) in [4.78, 5) is 0. The van der Waals surface area contributed by atoms with E-state index in [1.165, 1.54) is 5.19 Å². The van der Waals surface area contributed by atoms with Gasteiger partial charge in [-0.15, -0.1) is 4.39 Å². The van der Waals surface area contributed by atoms with Crippen LogP contribution in [0.4, 0.5) is 4.39 Å². The van der Waals surface area contributed by atoms with Gasteiger partial charge in [-0.2, -0.15) is 4.57 Å². The molecule has 0 bridgehead atoms. The van der Waals surface area contributed by atoms with Crippen molar-refractivity contribution in [3.05, 3.63) is 54.6 Å². The second-order valence-electron chi connectivity index (χ2n) is 4.00. The summed E-state index contributed by atoms with van der Waals surface area (Å²) in [5.74, 6) is -0.106. The minimum absolute atomic E-state index is 0.106. The molecule has 1 aromatic heterocycles. The van der Waals surface area contributed by atoms with Crippen LogP contribution in [0.3, 0.4) is 0 Å². The lowest BCUT2D eigenvalue weighted by atomic mass is 10.4. The third-order valence-electron chi connectivity index (χ3n) is 2.90. The van der Waals surface area contributed by atoms with E-state index in [1.54, 1.807) is 17.8 Å². The van der Waals surface area contributed by atoms with Gasteiger partial charge in [0.1, 0.15) is 15.8 Å². The lowest BCUT2D eigenvalue weighted by molar-refractivity contribution is -0.699. The number of pyridine rings is 1. The third-order valence-corrected chi connectivity index (χ3v) is 5.65. The van der Waals surface area contributed by atoms with Crippen molar-refractivity contribution in [1.29, 1.82) is 0 Å². The van der Waals surface area contributed by atoms with Gasteiger partial charge in [-0.25, -0.2) is 0 Å². The molecule has 16 heavy (non-hydrogen) atoms. The van der Waals surface area contributed by atoms with Crippen molar-refractivity contribution in [1.82, 2.24) is 0 Å². The topological polar surface area (TPSA) is 3.88 Å². The van der Waals surface area contributed by atoms with Crippen LogP contribution in [0, 0.1) is 5.95 Å². The molecule has 1 unspecified atom stereocenters. The van der Waals surface area contributed by atoms with Crippen LogP contribution in [0.1, 0.15) is 0 Å². The molecule has 0 radical (unpaired) electrons. The van der Waals surface area contributed by atoms with Gasteiger partial charge in [-0.1, -0.05) is 42.1 Å². The fraction of sp³-hybridized carbons (Fsp3) is 0.154. The Labute approximate surface area is 96.8 Å². The van der Waals surface area contributed by atoms with Crippen LogP contribution < -0.4 is 14.9 Å². The first-order valence-corrected chi connectivity index (χ1v) is 7.70. The first-order valence-electron chi connectivity index (χ1n) is 5.39. The van der Waals surface area contributed by atoms with E-state index < -0.39 is 8.80 Å². The van der Waals surface area contributed by atoms with Crippen molar-refractivity contribution in [3.63, 3.8) is 0 Å². The highest BCUT2D eigenvalue weighted by atomic mass is 28.3. The van der Waals surface area contributed by atoms with Crippen molar-refractivity contribution in [2.24, 2.45) is 7.05 Å². The molecular weight excluding hydrogens is 217 g/mol. The second kappa shape index (κ2) is 4.57. The number of nitrogens with zero attached hydrogens (tertiary/aromatic N) is 1. The Hall–Kier alpha value is -1.48. The summed E-state index contributed by atoms with van der Waals surface area (Å²) >= 11 is 0. The molecule has 0 saturated heterocycles. The zero-order chi connectivity index (χ0) is 11.5. The summed E-state index contributed by atoms with van der Waals surface area (Å²) < 4.78 is 15.5. The highest BCUT2D eigenvalue weighted by Gasteiger charge is 2.20. The number of halogens is 1. The average molecular weight is 232 g/mol. The fourth-order valence-electron chi connectivity index (χ4n) is 1.86. The summed E-state index contributed by atoms with van der Waals surface area (Å²) in [7, 11) is 0.359. The Morgan fingerprint density at radius 2 is 1.75 bits per heavy atom. The molecule has 1 atom stereocenters. The number of benzene rings is 1. The summed E-state index contributed by atoms with van der Waals surface area (Å²) in [6.45, 7) is 2.16. The molecule has 0 fully saturated rings. The van der Waals surface area contributed by atoms with Crippen molar-refractivity contribution in [2.75, 3.05) is 0 Å². The van der Waals surface area contributed by atoms with Gasteiger partial charge in [0.25, 0.3) is 0 Å². The highest BCUT2D eigenvalue weighted by molar-refractivity contribution is 6.84. The number of hydrogen-bond acceptors (Lipinski definition) is 0. The maximum Gasteiger partial charge on any atom is 0.358 e. The predicted molar refractivity (Wildman–Crippen MR) is 66.3 cm³/mol. The van der Waals surface area contributed by atoms with Crippen LogP contribution in [0.2, 0.25) is 6.55 Å². The van der Waals surface area contributed by atoms with Gasteiger partial charge in [-0.3, -0.25) is 0 Å². The van der Waals surface area contributed by atoms with Crippen LogP contribution in [-0.4, -0.2) is 8.80 Å². The Balaban J connectivity index is 2.42. The largest absolute Gasteiger partial charge is 0.358 e. The van der Waals surface area contributed by atoms with E-state index in [0.717, 1.165) is 5.19 Å². The molecular formula is C13H15FNSi+. The van der Waals surface area contributed by atoms with E-state index in [2.05, 4.69) is 18.7 Å². The van der Waals surface area contributed by atoms with E-state index >= 15 is 0 Å². The summed E-state index contributed by atoms with van der Waals surface area (Å²) in [6, 6.07) is 14.0. The molecule has 1 nitrogen and oxygen atoms in total. The van der Waals surface area contributed by atoms with Crippen molar-refractivity contribution < 1.29 is 8.96 Å². The normalized spacial score (nSPS) is 12.4. The molecule has 0 aliphatic carbocycles. The van der Waals surface area contributed by atoms with Crippen LogP contribution in [-0.2, 0) is 7.05 Å². The Morgan fingerprint density at radius 1 is 1.06 bits per heavy atom. The molecule has 0 spiro atoms. The minimum atomic E-state index is -1.38. The first-order chi connectivity index (χ1) is 7.70. The Morgan fingerprint density at radius 3 is 2.44 bits per heavy atom. The zero-order valence-electron chi connectivity index (χ0n) is 9.52. The average Bonchev–Trinajstić information content (AvgIpc) is 2.33. The van der Waals surface area contributed by atoms with Crippen molar-refractivity contribution in [2.45, 2.75) is 6.55 Å². The zero-order valence-corrected chi connectivity index (χ0v) is 10.7. The quantitative estimate of drug-likeness (QED) is 0.406. The number of aryl methyl sites for hydroxylation is 1. The molecule has 0 N–H and O–H groups in total. The van der Waals surface area contributed by atoms with Gasteiger partial charge in [0.05, 0.1) is 0 Å². The van der Waals surface area contributed by atoms with Gasteiger partial charge in [-0.05, 0) is 6.07 Å². The lowest BCUT2D eigenvalue weighted by Crippen LogP contribution is -2.48. The maximum absolute atomic E-state index is 13.9. The van der Waals surface area contributed by atoms with Crippen LogP contribution in [0.25, 0.3) is 0 Å². The van der Waals surface area contributed by atoms with Crippen LogP contribution in [0.15, 0.2) is 48.7 Å². The number of hydrogen-bond donors (Lipinski definition) is 0. The second-order valence-corrected chi connectivity index (χ2v) is 6.73. The predicted octanol–water partition coefficient (Wildman–Crippen LogP) is 0.621. The van der Waals surface area contributed by atoms with Crippen LogP contribution >= 0.6 is 0 Å². The van der Waals surface area contributed by atoms with Gasteiger partial charge in [0.2, 0.25) is 0 Å². The lowest BCUT2D eigenvalue weighted by Gasteiger charge is -2.09. The SMILES string of the molecule is C[n+]1cccc([SiH](C)c2ccccc2)c1F. The van der Waals surface area contributed by atoms with Crippen molar-refractivity contribution >= 4 is 19.2 Å². The number of rotatable bonds is 2. The Kier molecular flexibility index (Phi) is 3.15. The molecule has 2 rings (SSSR count). The summed E-state index contributed by atoms with van der Waals surface area (Å²) in [6.07, 6.45) is 1.74. The molecule has 0 aliphatic rings. The molecule has 0 amide bonds. The molecule has 1 aromatic carbocycles. The molecule has 1 heterocycles. The molecule has 3 heteroatoms. The van der Waals surface area contributed by atoms with Gasteiger partial charge < -0.3 is 0 Å². The van der Waals surface area contributed by atoms with Crippen molar-refractivity contribution in [3.8, 4) is 0 Å². The standard InChI is InChI=1S/C13H15FNSi/c1-15-10-6-9-12(13(15)14)16(2)11-7-4-3-5-8-11/h3-10,16H,1-2H3/q+1. The van der Waals surface area contributed by atoms with Gasteiger partial charge in [0, 0.05) is 11.3 Å². The minimum Gasteiger partial charge on any atom is -0.177 e. The maximum atomic E-state index is 13.9. The molecule has 0 aliphatic heterocycles.